The number of ether oxygens (including phenoxy) is 2. The van der Waals surface area contributed by atoms with Gasteiger partial charge in [-0.05, 0) is 31.9 Å². The number of Topliss-reactive ketones (excluding diaryl/α,β-unsaturated/α-hetero) is 1. The first kappa shape index (κ1) is 28.0. The van der Waals surface area contributed by atoms with Crippen molar-refractivity contribution in [2.75, 3.05) is 13.7 Å². The van der Waals surface area contributed by atoms with E-state index in [4.69, 9.17) is 9.47 Å². The van der Waals surface area contributed by atoms with Gasteiger partial charge in [-0.1, -0.05) is 55.1 Å². The van der Waals surface area contributed by atoms with Crippen LogP contribution in [-0.4, -0.2) is 36.4 Å². The standard InChI is InChI=1S/C27H30N2O7/c1-6-15-36-27(32)23(18(3)28-17(2)20-11-8-7-9-12-20)25(24(19(4)30)26(31)35-5)21-13-10-14-22(16-21)29(33)34/h6-14,16-17,24-25,28H,1,15H2,2-5H3/b23-18-/t17-,24+,25-/m1/s1. The van der Waals surface area contributed by atoms with Crippen LogP contribution >= 0.6 is 0 Å². The lowest BCUT2D eigenvalue weighted by atomic mass is 9.77. The van der Waals surface area contributed by atoms with Gasteiger partial charge >= 0.3 is 11.9 Å². The first-order valence-corrected chi connectivity index (χ1v) is 11.2. The first-order valence-electron chi connectivity index (χ1n) is 11.2. The molecule has 2 aromatic carbocycles. The maximum Gasteiger partial charge on any atom is 0.336 e. The molecule has 0 aliphatic rings. The lowest BCUT2D eigenvalue weighted by molar-refractivity contribution is -0.384. The molecule has 190 valence electrons. The van der Waals surface area contributed by atoms with Crippen LogP contribution in [0.15, 0.2) is 78.5 Å². The molecule has 0 aromatic heterocycles. The summed E-state index contributed by atoms with van der Waals surface area (Å²) >= 11 is 0. The third-order valence-electron chi connectivity index (χ3n) is 5.67. The average molecular weight is 495 g/mol. The predicted octanol–water partition coefficient (Wildman–Crippen LogP) is 4.41. The Hall–Kier alpha value is -4.27. The fraction of sp³-hybridized carbons (Fsp3) is 0.296. The van der Waals surface area contributed by atoms with E-state index in [1.165, 1.54) is 37.3 Å². The van der Waals surface area contributed by atoms with Gasteiger partial charge in [-0.2, -0.15) is 0 Å². The Balaban J connectivity index is 2.79. The normalized spacial score (nSPS) is 13.9. The van der Waals surface area contributed by atoms with Crippen molar-refractivity contribution in [3.63, 3.8) is 0 Å². The Morgan fingerprint density at radius 3 is 2.28 bits per heavy atom. The van der Waals surface area contributed by atoms with Gasteiger partial charge in [0, 0.05) is 29.8 Å². The summed E-state index contributed by atoms with van der Waals surface area (Å²) in [5, 5.41) is 14.7. The van der Waals surface area contributed by atoms with Crippen molar-refractivity contribution in [1.29, 1.82) is 0 Å². The van der Waals surface area contributed by atoms with Crippen molar-refractivity contribution in [1.82, 2.24) is 5.32 Å². The molecule has 0 fully saturated rings. The summed E-state index contributed by atoms with van der Waals surface area (Å²) in [4.78, 5) is 49.8. The number of allylic oxidation sites excluding steroid dienone is 1. The van der Waals surface area contributed by atoms with Crippen molar-refractivity contribution in [2.45, 2.75) is 32.7 Å². The SMILES string of the molecule is C=CCOC(=O)/C(=C(/C)N[C@H](C)c1ccccc1)[C@@H](c1cccc([N+](=O)[O-])c1)[C@H](C(C)=O)C(=O)OC. The van der Waals surface area contributed by atoms with Crippen LogP contribution in [0.5, 0.6) is 0 Å². The fourth-order valence-corrected chi connectivity index (χ4v) is 3.97. The van der Waals surface area contributed by atoms with Gasteiger partial charge in [0.05, 0.1) is 17.6 Å². The summed E-state index contributed by atoms with van der Waals surface area (Å²) in [5.74, 6) is -4.92. The summed E-state index contributed by atoms with van der Waals surface area (Å²) in [6.07, 6.45) is 1.38. The molecule has 0 spiro atoms. The molecule has 0 saturated heterocycles. The number of hydrogen-bond donors (Lipinski definition) is 1. The number of ketones is 1. The molecule has 3 atom stereocenters. The second-order valence-corrected chi connectivity index (χ2v) is 8.14. The zero-order valence-electron chi connectivity index (χ0n) is 20.7. The summed E-state index contributed by atoms with van der Waals surface area (Å²) in [6, 6.07) is 14.7. The number of carbonyl (C=O) groups is 3. The van der Waals surface area contributed by atoms with Crippen LogP contribution < -0.4 is 5.32 Å². The van der Waals surface area contributed by atoms with E-state index in [-0.39, 0.29) is 29.5 Å². The van der Waals surface area contributed by atoms with Gasteiger partial charge < -0.3 is 14.8 Å². The third-order valence-corrected chi connectivity index (χ3v) is 5.67. The molecule has 0 bridgehead atoms. The second-order valence-electron chi connectivity index (χ2n) is 8.14. The molecule has 0 heterocycles. The van der Waals surface area contributed by atoms with Crippen LogP contribution in [0.25, 0.3) is 0 Å². The van der Waals surface area contributed by atoms with E-state index in [1.807, 2.05) is 37.3 Å². The summed E-state index contributed by atoms with van der Waals surface area (Å²) < 4.78 is 10.2. The predicted molar refractivity (Wildman–Crippen MR) is 134 cm³/mol. The number of nitro groups is 1. The Morgan fingerprint density at radius 2 is 1.72 bits per heavy atom. The molecular weight excluding hydrogens is 464 g/mol. The highest BCUT2D eigenvalue weighted by atomic mass is 16.6. The van der Waals surface area contributed by atoms with Crippen LogP contribution in [-0.2, 0) is 23.9 Å². The van der Waals surface area contributed by atoms with Gasteiger partial charge in [0.15, 0.2) is 0 Å². The van der Waals surface area contributed by atoms with Crippen LogP contribution in [0.3, 0.4) is 0 Å². The molecule has 0 amide bonds. The van der Waals surface area contributed by atoms with Gasteiger partial charge in [0.2, 0.25) is 0 Å². The Bertz CT molecular complexity index is 1160. The minimum Gasteiger partial charge on any atom is -0.468 e. The van der Waals surface area contributed by atoms with Gasteiger partial charge in [-0.3, -0.25) is 19.7 Å². The monoisotopic (exact) mass is 494 g/mol. The molecule has 0 aliphatic heterocycles. The molecule has 0 radical (unpaired) electrons. The fourth-order valence-electron chi connectivity index (χ4n) is 3.97. The van der Waals surface area contributed by atoms with Crippen LogP contribution in [0.4, 0.5) is 5.69 Å². The number of esters is 2. The van der Waals surface area contributed by atoms with Gasteiger partial charge in [-0.25, -0.2) is 4.79 Å². The number of benzene rings is 2. The number of carbonyl (C=O) groups excluding carboxylic acids is 3. The molecular formula is C27H30N2O7. The molecule has 1 N–H and O–H groups in total. The number of hydrogen-bond acceptors (Lipinski definition) is 8. The van der Waals surface area contributed by atoms with Gasteiger partial charge in [-0.15, -0.1) is 0 Å². The molecule has 0 aliphatic carbocycles. The Kier molecular flexibility index (Phi) is 10.1. The van der Waals surface area contributed by atoms with Crippen LogP contribution in [0.2, 0.25) is 0 Å². The van der Waals surface area contributed by atoms with Gasteiger partial charge in [0.25, 0.3) is 5.69 Å². The number of nitrogens with zero attached hydrogens (tertiary/aromatic N) is 1. The highest BCUT2D eigenvalue weighted by Crippen LogP contribution is 2.37. The van der Waals surface area contributed by atoms with E-state index in [1.54, 1.807) is 6.92 Å². The van der Waals surface area contributed by atoms with E-state index in [0.29, 0.717) is 5.70 Å². The lowest BCUT2D eigenvalue weighted by Crippen LogP contribution is -2.35. The third kappa shape index (κ3) is 6.88. The zero-order chi connectivity index (χ0) is 26.8. The Labute approximate surface area is 209 Å². The van der Waals surface area contributed by atoms with Crippen molar-refractivity contribution >= 4 is 23.4 Å². The summed E-state index contributed by atoms with van der Waals surface area (Å²) in [5.41, 5.74) is 1.21. The van der Waals surface area contributed by atoms with Crippen molar-refractivity contribution in [2.24, 2.45) is 5.92 Å². The Morgan fingerprint density at radius 1 is 1.08 bits per heavy atom. The largest absolute Gasteiger partial charge is 0.468 e. The lowest BCUT2D eigenvalue weighted by Gasteiger charge is -2.28. The smallest absolute Gasteiger partial charge is 0.336 e. The topological polar surface area (TPSA) is 125 Å². The minimum absolute atomic E-state index is 0.0225. The quantitative estimate of drug-likeness (QED) is 0.115. The van der Waals surface area contributed by atoms with Crippen molar-refractivity contribution < 1.29 is 28.8 Å². The van der Waals surface area contributed by atoms with Crippen molar-refractivity contribution in [3.8, 4) is 0 Å². The molecule has 0 saturated carbocycles. The zero-order valence-corrected chi connectivity index (χ0v) is 20.7. The van der Waals surface area contributed by atoms with E-state index < -0.39 is 34.5 Å². The summed E-state index contributed by atoms with van der Waals surface area (Å²) in [7, 11) is 1.13. The number of nitro benzene ring substituents is 1. The van der Waals surface area contributed by atoms with Crippen LogP contribution in [0, 0.1) is 16.0 Å². The van der Waals surface area contributed by atoms with Crippen LogP contribution in [0.1, 0.15) is 43.9 Å². The average Bonchev–Trinajstić information content (AvgIpc) is 2.87. The minimum atomic E-state index is -1.45. The molecule has 36 heavy (non-hydrogen) atoms. The molecule has 0 unspecified atom stereocenters. The van der Waals surface area contributed by atoms with Crippen molar-refractivity contribution in [3.05, 3.63) is 99.8 Å². The highest BCUT2D eigenvalue weighted by molar-refractivity contribution is 6.02. The molecule has 9 heteroatoms. The molecule has 2 aromatic rings. The maximum atomic E-state index is 13.4. The molecule has 2 rings (SSSR count). The number of methoxy groups -OCH3 is 1. The van der Waals surface area contributed by atoms with E-state index in [0.717, 1.165) is 12.7 Å². The molecule has 9 nitrogen and oxygen atoms in total. The number of nitrogens with one attached hydrogen (secondary N) is 1. The maximum absolute atomic E-state index is 13.4. The van der Waals surface area contributed by atoms with E-state index >= 15 is 0 Å². The second kappa shape index (κ2) is 13.0. The van der Waals surface area contributed by atoms with E-state index in [9.17, 15) is 24.5 Å². The summed E-state index contributed by atoms with van der Waals surface area (Å²) in [6.45, 7) is 8.15. The highest BCUT2D eigenvalue weighted by Gasteiger charge is 2.41. The number of rotatable bonds is 12. The van der Waals surface area contributed by atoms with Gasteiger partial charge in [0.1, 0.15) is 18.3 Å². The van der Waals surface area contributed by atoms with E-state index in [2.05, 4.69) is 11.9 Å². The number of non-ortho nitro benzene ring substituents is 1. The first-order chi connectivity index (χ1) is 17.1.